The van der Waals surface area contributed by atoms with E-state index in [-0.39, 0.29) is 11.9 Å². The van der Waals surface area contributed by atoms with E-state index in [0.717, 1.165) is 22.5 Å². The second kappa shape index (κ2) is 5.31. The average Bonchev–Trinajstić information content (AvgIpc) is 2.37. The van der Waals surface area contributed by atoms with Crippen LogP contribution in [0.4, 0.5) is 15.8 Å². The number of nitrogens with two attached hydrogens (primary N) is 1. The third kappa shape index (κ3) is 3.05. The van der Waals surface area contributed by atoms with Crippen LogP contribution in [0.3, 0.4) is 0 Å². The second-order valence-electron chi connectivity index (χ2n) is 4.95. The lowest BCUT2D eigenvalue weighted by Crippen LogP contribution is -2.07. The van der Waals surface area contributed by atoms with Crippen LogP contribution >= 0.6 is 0 Å². The number of rotatable bonds is 3. The largest absolute Gasteiger partial charge is 0.398 e. The first-order valence-corrected chi connectivity index (χ1v) is 6.36. The van der Waals surface area contributed by atoms with E-state index >= 15 is 0 Å². The van der Waals surface area contributed by atoms with Crippen molar-refractivity contribution in [3.05, 3.63) is 58.9 Å². The molecule has 0 saturated carbocycles. The van der Waals surface area contributed by atoms with E-state index in [1.165, 1.54) is 0 Å². The van der Waals surface area contributed by atoms with E-state index in [0.29, 0.717) is 5.56 Å². The predicted octanol–water partition coefficient (Wildman–Crippen LogP) is 4.20. The molecule has 0 aliphatic rings. The van der Waals surface area contributed by atoms with Crippen LogP contribution in [-0.2, 0) is 0 Å². The van der Waals surface area contributed by atoms with Gasteiger partial charge in [0, 0.05) is 17.4 Å². The van der Waals surface area contributed by atoms with E-state index in [9.17, 15) is 4.39 Å². The summed E-state index contributed by atoms with van der Waals surface area (Å²) < 4.78 is 13.5. The van der Waals surface area contributed by atoms with Crippen LogP contribution in [0, 0.1) is 19.7 Å². The minimum absolute atomic E-state index is 0.0252. The lowest BCUT2D eigenvalue weighted by atomic mass is 10.1. The Morgan fingerprint density at radius 1 is 1.05 bits per heavy atom. The number of hydrogen-bond acceptors (Lipinski definition) is 2. The van der Waals surface area contributed by atoms with E-state index in [4.69, 9.17) is 5.73 Å². The van der Waals surface area contributed by atoms with Gasteiger partial charge in [0.1, 0.15) is 5.82 Å². The van der Waals surface area contributed by atoms with Crippen LogP contribution in [0.25, 0.3) is 0 Å². The van der Waals surface area contributed by atoms with Crippen molar-refractivity contribution in [1.82, 2.24) is 0 Å². The van der Waals surface area contributed by atoms with Gasteiger partial charge in [-0.05, 0) is 55.7 Å². The molecule has 2 nitrogen and oxygen atoms in total. The molecule has 0 aromatic heterocycles. The highest BCUT2D eigenvalue weighted by Crippen LogP contribution is 2.23. The molecule has 100 valence electrons. The number of aryl methyl sites for hydroxylation is 2. The van der Waals surface area contributed by atoms with Crippen LogP contribution in [0.5, 0.6) is 0 Å². The Bertz CT molecular complexity index is 593. The summed E-state index contributed by atoms with van der Waals surface area (Å²) >= 11 is 0. The van der Waals surface area contributed by atoms with Crippen molar-refractivity contribution >= 4 is 11.4 Å². The molecule has 0 aliphatic heterocycles. The van der Waals surface area contributed by atoms with Crippen molar-refractivity contribution in [3.63, 3.8) is 0 Å². The molecule has 19 heavy (non-hydrogen) atoms. The Labute approximate surface area is 113 Å². The first-order chi connectivity index (χ1) is 8.97. The molecule has 0 bridgehead atoms. The topological polar surface area (TPSA) is 38.0 Å². The van der Waals surface area contributed by atoms with Crippen LogP contribution < -0.4 is 11.1 Å². The number of benzene rings is 2. The van der Waals surface area contributed by atoms with Gasteiger partial charge in [0.15, 0.2) is 0 Å². The summed E-state index contributed by atoms with van der Waals surface area (Å²) in [4.78, 5) is 0. The molecular formula is C16H19FN2. The van der Waals surface area contributed by atoms with Crippen molar-refractivity contribution in [2.24, 2.45) is 0 Å². The molecule has 0 spiro atoms. The maximum Gasteiger partial charge on any atom is 0.126 e. The van der Waals surface area contributed by atoms with Gasteiger partial charge in [0.2, 0.25) is 0 Å². The molecule has 0 aliphatic carbocycles. The summed E-state index contributed by atoms with van der Waals surface area (Å²) in [6.07, 6.45) is 0. The minimum atomic E-state index is -0.172. The smallest absolute Gasteiger partial charge is 0.126 e. The van der Waals surface area contributed by atoms with Crippen molar-refractivity contribution in [1.29, 1.82) is 0 Å². The Kier molecular flexibility index (Phi) is 3.74. The molecule has 0 saturated heterocycles. The fourth-order valence-electron chi connectivity index (χ4n) is 1.94. The normalized spacial score (nSPS) is 12.2. The van der Waals surface area contributed by atoms with Crippen molar-refractivity contribution in [2.45, 2.75) is 26.8 Å². The molecule has 3 heteroatoms. The highest BCUT2D eigenvalue weighted by atomic mass is 19.1. The Morgan fingerprint density at radius 3 is 2.37 bits per heavy atom. The standard InChI is InChI=1S/C16H19FN2/c1-10-4-6-13(8-15(10)17)12(3)19-14-7-5-11(2)16(18)9-14/h4-9,12,19H,18H2,1-3H3. The van der Waals surface area contributed by atoms with Crippen molar-refractivity contribution < 1.29 is 4.39 Å². The molecule has 2 aromatic rings. The second-order valence-corrected chi connectivity index (χ2v) is 4.95. The molecule has 3 N–H and O–H groups in total. The van der Waals surface area contributed by atoms with Gasteiger partial charge in [0.25, 0.3) is 0 Å². The maximum absolute atomic E-state index is 13.5. The molecular weight excluding hydrogens is 239 g/mol. The fourth-order valence-corrected chi connectivity index (χ4v) is 1.94. The molecule has 0 heterocycles. The maximum atomic E-state index is 13.5. The molecule has 1 unspecified atom stereocenters. The fraction of sp³-hybridized carbons (Fsp3) is 0.250. The monoisotopic (exact) mass is 258 g/mol. The Hall–Kier alpha value is -2.03. The summed E-state index contributed by atoms with van der Waals surface area (Å²) in [5.74, 6) is -0.172. The summed E-state index contributed by atoms with van der Waals surface area (Å²) in [5.41, 5.74) is 10.2. The third-order valence-corrected chi connectivity index (χ3v) is 3.36. The quantitative estimate of drug-likeness (QED) is 0.810. The third-order valence-electron chi connectivity index (χ3n) is 3.36. The van der Waals surface area contributed by atoms with Gasteiger partial charge in [0.05, 0.1) is 0 Å². The number of hydrogen-bond donors (Lipinski definition) is 2. The van der Waals surface area contributed by atoms with Gasteiger partial charge in [-0.15, -0.1) is 0 Å². The van der Waals surface area contributed by atoms with E-state index < -0.39 is 0 Å². The lowest BCUT2D eigenvalue weighted by molar-refractivity contribution is 0.614. The predicted molar refractivity (Wildman–Crippen MR) is 78.8 cm³/mol. The van der Waals surface area contributed by atoms with Crippen molar-refractivity contribution in [2.75, 3.05) is 11.1 Å². The van der Waals surface area contributed by atoms with E-state index in [2.05, 4.69) is 5.32 Å². The van der Waals surface area contributed by atoms with E-state index in [1.54, 1.807) is 19.1 Å². The first-order valence-electron chi connectivity index (χ1n) is 6.36. The molecule has 0 radical (unpaired) electrons. The van der Waals surface area contributed by atoms with Gasteiger partial charge < -0.3 is 11.1 Å². The minimum Gasteiger partial charge on any atom is -0.398 e. The zero-order valence-corrected chi connectivity index (χ0v) is 11.5. The molecule has 0 amide bonds. The molecule has 2 rings (SSSR count). The summed E-state index contributed by atoms with van der Waals surface area (Å²) in [7, 11) is 0. The number of nitrogen functional groups attached to an aromatic ring is 1. The van der Waals surface area contributed by atoms with Crippen LogP contribution in [-0.4, -0.2) is 0 Å². The average molecular weight is 258 g/mol. The Morgan fingerprint density at radius 2 is 1.74 bits per heavy atom. The van der Waals surface area contributed by atoms with Gasteiger partial charge in [-0.25, -0.2) is 4.39 Å². The summed E-state index contributed by atoms with van der Waals surface area (Å²) in [5, 5.41) is 3.33. The molecule has 0 fully saturated rings. The first kappa shape index (κ1) is 13.4. The number of halogens is 1. The van der Waals surface area contributed by atoms with Gasteiger partial charge in [-0.3, -0.25) is 0 Å². The highest BCUT2D eigenvalue weighted by molar-refractivity contribution is 5.59. The summed E-state index contributed by atoms with van der Waals surface area (Å²) in [6.45, 7) is 5.73. The zero-order valence-electron chi connectivity index (χ0n) is 11.5. The summed E-state index contributed by atoms with van der Waals surface area (Å²) in [6, 6.07) is 11.2. The SMILES string of the molecule is Cc1ccc(NC(C)c2ccc(C)c(F)c2)cc1N. The lowest BCUT2D eigenvalue weighted by Gasteiger charge is -2.17. The van der Waals surface area contributed by atoms with Gasteiger partial charge in [-0.1, -0.05) is 18.2 Å². The Balaban J connectivity index is 2.17. The molecule has 2 aromatic carbocycles. The zero-order chi connectivity index (χ0) is 14.0. The van der Waals surface area contributed by atoms with Crippen molar-refractivity contribution in [3.8, 4) is 0 Å². The highest BCUT2D eigenvalue weighted by Gasteiger charge is 2.08. The van der Waals surface area contributed by atoms with Crippen LogP contribution in [0.2, 0.25) is 0 Å². The number of anilines is 2. The van der Waals surface area contributed by atoms with Gasteiger partial charge >= 0.3 is 0 Å². The van der Waals surface area contributed by atoms with Crippen LogP contribution in [0.1, 0.15) is 29.7 Å². The van der Waals surface area contributed by atoms with E-state index in [1.807, 2.05) is 38.1 Å². The van der Waals surface area contributed by atoms with Gasteiger partial charge in [-0.2, -0.15) is 0 Å². The molecule has 1 atom stereocenters. The van der Waals surface area contributed by atoms with Crippen LogP contribution in [0.15, 0.2) is 36.4 Å². The number of nitrogens with one attached hydrogen (secondary N) is 1.